The summed E-state index contributed by atoms with van der Waals surface area (Å²) in [5, 5.41) is 0. The van der Waals surface area contributed by atoms with Gasteiger partial charge in [0.05, 0.1) is 11.0 Å². The second-order valence-corrected chi connectivity index (χ2v) is 4.21. The lowest BCUT2D eigenvalue weighted by Gasteiger charge is -2.02. The topological polar surface area (TPSA) is 63.8 Å². The third kappa shape index (κ3) is 1.99. The molecule has 2 aromatic rings. The minimum absolute atomic E-state index is 0.301. The molecule has 1 heterocycles. The standard InChI is InChI=1S/C11H13N3OS/c1-7-2-3-8-9(6-7)14(11(16)13-8)5-4-10(12)15/h2-3,6H,4-5H2,1H3,(H2,12,15)(H,13,16). The van der Waals surface area contributed by atoms with Crippen LogP contribution in [0.2, 0.25) is 0 Å². The van der Waals surface area contributed by atoms with Crippen LogP contribution in [0.25, 0.3) is 11.0 Å². The number of hydrogen-bond acceptors (Lipinski definition) is 2. The first-order valence-electron chi connectivity index (χ1n) is 5.05. The van der Waals surface area contributed by atoms with E-state index in [9.17, 15) is 4.79 Å². The summed E-state index contributed by atoms with van der Waals surface area (Å²) in [5.74, 6) is -0.316. The fourth-order valence-corrected chi connectivity index (χ4v) is 2.01. The van der Waals surface area contributed by atoms with Crippen molar-refractivity contribution in [3.05, 3.63) is 28.5 Å². The number of carbonyl (C=O) groups is 1. The average Bonchev–Trinajstić information content (AvgIpc) is 2.51. The minimum Gasteiger partial charge on any atom is -0.370 e. The van der Waals surface area contributed by atoms with Gasteiger partial charge in [-0.3, -0.25) is 4.79 Å². The van der Waals surface area contributed by atoms with Gasteiger partial charge in [0.15, 0.2) is 4.77 Å². The van der Waals surface area contributed by atoms with Crippen molar-refractivity contribution in [1.29, 1.82) is 0 Å². The molecule has 3 N–H and O–H groups in total. The molecule has 4 nitrogen and oxygen atoms in total. The highest BCUT2D eigenvalue weighted by molar-refractivity contribution is 7.71. The van der Waals surface area contributed by atoms with Crippen LogP contribution in [0.5, 0.6) is 0 Å². The molecule has 0 bridgehead atoms. The predicted octanol–water partition coefficient (Wildman–Crippen LogP) is 1.88. The van der Waals surface area contributed by atoms with Crippen LogP contribution in [0.15, 0.2) is 18.2 Å². The van der Waals surface area contributed by atoms with Crippen molar-refractivity contribution in [3.8, 4) is 0 Å². The number of rotatable bonds is 3. The van der Waals surface area contributed by atoms with Gasteiger partial charge in [0, 0.05) is 13.0 Å². The van der Waals surface area contributed by atoms with Gasteiger partial charge in [-0.25, -0.2) is 0 Å². The fourth-order valence-electron chi connectivity index (χ4n) is 1.71. The lowest BCUT2D eigenvalue weighted by Crippen LogP contribution is -2.13. The van der Waals surface area contributed by atoms with Gasteiger partial charge in [-0.05, 0) is 36.8 Å². The fraction of sp³-hybridized carbons (Fsp3) is 0.273. The van der Waals surface area contributed by atoms with Gasteiger partial charge >= 0.3 is 0 Å². The Hall–Kier alpha value is -1.62. The van der Waals surface area contributed by atoms with Crippen LogP contribution in [0, 0.1) is 11.7 Å². The summed E-state index contributed by atoms with van der Waals surface area (Å²) in [6.45, 7) is 2.55. The number of nitrogens with two attached hydrogens (primary N) is 1. The largest absolute Gasteiger partial charge is 0.370 e. The molecule has 2 rings (SSSR count). The molecule has 5 heteroatoms. The number of H-pyrrole nitrogens is 1. The van der Waals surface area contributed by atoms with Crippen LogP contribution in [0.3, 0.4) is 0 Å². The van der Waals surface area contributed by atoms with Crippen molar-refractivity contribution in [2.45, 2.75) is 19.9 Å². The number of nitrogens with zero attached hydrogens (tertiary/aromatic N) is 1. The van der Waals surface area contributed by atoms with Crippen molar-refractivity contribution in [2.24, 2.45) is 5.73 Å². The number of benzene rings is 1. The van der Waals surface area contributed by atoms with Crippen molar-refractivity contribution in [3.63, 3.8) is 0 Å². The van der Waals surface area contributed by atoms with Crippen molar-refractivity contribution in [2.75, 3.05) is 0 Å². The maximum atomic E-state index is 10.8. The SMILES string of the molecule is Cc1ccc2[nH]c(=S)n(CCC(N)=O)c2c1. The van der Waals surface area contributed by atoms with E-state index in [1.165, 1.54) is 0 Å². The zero-order valence-electron chi connectivity index (χ0n) is 8.99. The van der Waals surface area contributed by atoms with Gasteiger partial charge in [-0.1, -0.05) is 6.07 Å². The molecule has 0 radical (unpaired) electrons. The van der Waals surface area contributed by atoms with E-state index < -0.39 is 0 Å². The van der Waals surface area contributed by atoms with Crippen LogP contribution >= 0.6 is 12.2 Å². The number of nitrogens with one attached hydrogen (secondary N) is 1. The number of amides is 1. The van der Waals surface area contributed by atoms with E-state index in [0.717, 1.165) is 16.6 Å². The van der Waals surface area contributed by atoms with Crippen molar-refractivity contribution >= 4 is 29.2 Å². The first kappa shape index (κ1) is 10.9. The molecule has 16 heavy (non-hydrogen) atoms. The van der Waals surface area contributed by atoms with E-state index in [-0.39, 0.29) is 5.91 Å². The molecular weight excluding hydrogens is 222 g/mol. The molecule has 0 saturated carbocycles. The number of carbonyl (C=O) groups excluding carboxylic acids is 1. The zero-order valence-corrected chi connectivity index (χ0v) is 9.80. The van der Waals surface area contributed by atoms with Crippen LogP contribution in [0.4, 0.5) is 0 Å². The molecule has 0 aliphatic carbocycles. The maximum Gasteiger partial charge on any atom is 0.219 e. The third-order valence-corrected chi connectivity index (χ3v) is 2.84. The first-order valence-corrected chi connectivity index (χ1v) is 5.46. The Bertz CT molecular complexity index is 597. The van der Waals surface area contributed by atoms with Gasteiger partial charge in [0.25, 0.3) is 0 Å². The second-order valence-electron chi connectivity index (χ2n) is 3.82. The van der Waals surface area contributed by atoms with Crippen molar-refractivity contribution < 1.29 is 4.79 Å². The third-order valence-electron chi connectivity index (χ3n) is 2.51. The average molecular weight is 235 g/mol. The van der Waals surface area contributed by atoms with Crippen molar-refractivity contribution in [1.82, 2.24) is 9.55 Å². The molecule has 0 saturated heterocycles. The molecule has 0 fully saturated rings. The van der Waals surface area contributed by atoms with Crippen LogP contribution in [0.1, 0.15) is 12.0 Å². The lowest BCUT2D eigenvalue weighted by atomic mass is 10.2. The molecule has 84 valence electrons. The van der Waals surface area contributed by atoms with Gasteiger partial charge in [-0.15, -0.1) is 0 Å². The quantitative estimate of drug-likeness (QED) is 0.798. The smallest absolute Gasteiger partial charge is 0.219 e. The highest BCUT2D eigenvalue weighted by Gasteiger charge is 2.05. The zero-order chi connectivity index (χ0) is 11.7. The van der Waals surface area contributed by atoms with Gasteiger partial charge in [-0.2, -0.15) is 0 Å². The molecule has 0 unspecified atom stereocenters. The summed E-state index contributed by atoms with van der Waals surface area (Å²) in [6.07, 6.45) is 0.301. The number of hydrogen-bond donors (Lipinski definition) is 2. The summed E-state index contributed by atoms with van der Waals surface area (Å²) < 4.78 is 2.53. The van der Waals surface area contributed by atoms with E-state index in [1.807, 2.05) is 29.7 Å². The summed E-state index contributed by atoms with van der Waals surface area (Å²) in [6, 6.07) is 6.05. The summed E-state index contributed by atoms with van der Waals surface area (Å²) in [4.78, 5) is 13.9. The van der Waals surface area contributed by atoms with Crippen LogP contribution < -0.4 is 5.73 Å². The predicted molar refractivity (Wildman–Crippen MR) is 65.7 cm³/mol. The van der Waals surface area contributed by atoms with E-state index >= 15 is 0 Å². The molecule has 1 aromatic carbocycles. The summed E-state index contributed by atoms with van der Waals surface area (Å²) in [7, 11) is 0. The number of aromatic amines is 1. The number of aryl methyl sites for hydroxylation is 2. The lowest BCUT2D eigenvalue weighted by molar-refractivity contribution is -0.118. The molecule has 0 atom stereocenters. The number of fused-ring (bicyclic) bond motifs is 1. The molecule has 1 amide bonds. The maximum absolute atomic E-state index is 10.8. The first-order chi connectivity index (χ1) is 7.58. The molecule has 1 aromatic heterocycles. The Morgan fingerprint density at radius 3 is 3.00 bits per heavy atom. The molecule has 0 spiro atoms. The summed E-state index contributed by atoms with van der Waals surface area (Å²) >= 11 is 5.20. The van der Waals surface area contributed by atoms with Gasteiger partial charge < -0.3 is 15.3 Å². The molecule has 0 aliphatic rings. The Morgan fingerprint density at radius 1 is 1.56 bits per heavy atom. The minimum atomic E-state index is -0.316. The molecular formula is C11H13N3OS. The second kappa shape index (κ2) is 4.09. The van der Waals surface area contributed by atoms with Gasteiger partial charge in [0.1, 0.15) is 0 Å². The Kier molecular flexibility index (Phi) is 2.78. The number of aromatic nitrogens is 2. The Balaban J connectivity index is 2.50. The highest BCUT2D eigenvalue weighted by Crippen LogP contribution is 2.16. The van der Waals surface area contributed by atoms with Crippen LogP contribution in [-0.4, -0.2) is 15.5 Å². The van der Waals surface area contributed by atoms with Crippen LogP contribution in [-0.2, 0) is 11.3 Å². The van der Waals surface area contributed by atoms with E-state index in [1.54, 1.807) is 0 Å². The normalized spacial score (nSPS) is 10.8. The highest BCUT2D eigenvalue weighted by atomic mass is 32.1. The number of primary amides is 1. The Morgan fingerprint density at radius 2 is 2.31 bits per heavy atom. The van der Waals surface area contributed by atoms with E-state index in [0.29, 0.717) is 17.7 Å². The summed E-state index contributed by atoms with van der Waals surface area (Å²) in [5.41, 5.74) is 8.30. The van der Waals surface area contributed by atoms with Gasteiger partial charge in [0.2, 0.25) is 5.91 Å². The van der Waals surface area contributed by atoms with E-state index in [2.05, 4.69) is 4.98 Å². The molecule has 0 aliphatic heterocycles. The number of imidazole rings is 1. The van der Waals surface area contributed by atoms with E-state index in [4.69, 9.17) is 18.0 Å². The monoisotopic (exact) mass is 235 g/mol. The Labute approximate surface area is 98.1 Å².